The van der Waals surface area contributed by atoms with E-state index in [0.29, 0.717) is 5.88 Å². The summed E-state index contributed by atoms with van der Waals surface area (Å²) in [6.07, 6.45) is 0. The zero-order chi connectivity index (χ0) is 17.1. The number of pyridine rings is 1. The minimum Gasteiger partial charge on any atom is -0.481 e. The molecule has 0 saturated carbocycles. The number of amides is 1. The average Bonchev–Trinajstić information content (AvgIpc) is 2.59. The van der Waals surface area contributed by atoms with Crippen molar-refractivity contribution in [1.82, 2.24) is 25.5 Å². The second kappa shape index (κ2) is 6.32. The summed E-state index contributed by atoms with van der Waals surface area (Å²) in [5.41, 5.74) is -0.553. The lowest BCUT2D eigenvalue weighted by atomic mass is 10.1. The number of nitrogens with one attached hydrogen (secondary N) is 3. The number of benzene rings is 1. The molecule has 3 aromatic rings. The van der Waals surface area contributed by atoms with Gasteiger partial charge in [0.2, 0.25) is 11.6 Å². The number of para-hydroxylation sites is 1. The van der Waals surface area contributed by atoms with Crippen LogP contribution in [0.4, 0.5) is 0 Å². The van der Waals surface area contributed by atoms with Crippen LogP contribution in [0.1, 0.15) is 16.1 Å². The van der Waals surface area contributed by atoms with Crippen LogP contribution < -0.4 is 21.3 Å². The monoisotopic (exact) mass is 327 g/mol. The SMILES string of the molecule is COc1cc(CNC(=O)c2n[nH]c(=O)[nH]c2=O)c2ccccc2n1. The second-order valence-corrected chi connectivity index (χ2v) is 4.88. The van der Waals surface area contributed by atoms with Gasteiger partial charge < -0.3 is 10.1 Å². The summed E-state index contributed by atoms with van der Waals surface area (Å²) < 4.78 is 5.16. The number of rotatable bonds is 4. The molecule has 9 heteroatoms. The summed E-state index contributed by atoms with van der Waals surface area (Å²) >= 11 is 0. The van der Waals surface area contributed by atoms with Crippen molar-refractivity contribution in [2.24, 2.45) is 0 Å². The Morgan fingerprint density at radius 1 is 1.29 bits per heavy atom. The van der Waals surface area contributed by atoms with Gasteiger partial charge in [-0.3, -0.25) is 14.6 Å². The lowest BCUT2D eigenvalue weighted by Gasteiger charge is -2.09. The topological polar surface area (TPSA) is 130 Å². The summed E-state index contributed by atoms with van der Waals surface area (Å²) in [7, 11) is 1.50. The first-order chi connectivity index (χ1) is 11.6. The van der Waals surface area contributed by atoms with E-state index in [4.69, 9.17) is 4.74 Å². The molecule has 0 saturated heterocycles. The van der Waals surface area contributed by atoms with Crippen molar-refractivity contribution < 1.29 is 9.53 Å². The van der Waals surface area contributed by atoms with E-state index in [9.17, 15) is 14.4 Å². The molecule has 0 spiro atoms. The predicted octanol–water partition coefficient (Wildman–Crippen LogP) is -0.0550. The van der Waals surface area contributed by atoms with Crippen molar-refractivity contribution in [3.05, 3.63) is 62.4 Å². The van der Waals surface area contributed by atoms with Gasteiger partial charge in [-0.05, 0) is 11.6 Å². The van der Waals surface area contributed by atoms with Gasteiger partial charge >= 0.3 is 5.69 Å². The highest BCUT2D eigenvalue weighted by Crippen LogP contribution is 2.21. The fourth-order valence-electron chi connectivity index (χ4n) is 2.23. The van der Waals surface area contributed by atoms with Crippen LogP contribution in [0.5, 0.6) is 5.88 Å². The van der Waals surface area contributed by atoms with Gasteiger partial charge in [-0.2, -0.15) is 5.10 Å². The molecule has 0 aliphatic carbocycles. The zero-order valence-corrected chi connectivity index (χ0v) is 12.6. The van der Waals surface area contributed by atoms with Gasteiger partial charge in [0.25, 0.3) is 11.5 Å². The molecule has 1 aromatic carbocycles. The Hall–Kier alpha value is -3.49. The number of carbonyl (C=O) groups excluding carboxylic acids is 1. The molecule has 0 atom stereocenters. The van der Waals surface area contributed by atoms with Crippen LogP contribution in [-0.4, -0.2) is 33.2 Å². The Morgan fingerprint density at radius 2 is 2.08 bits per heavy atom. The van der Waals surface area contributed by atoms with E-state index in [0.717, 1.165) is 16.5 Å². The van der Waals surface area contributed by atoms with Crippen LogP contribution in [0.25, 0.3) is 10.9 Å². The molecule has 0 radical (unpaired) electrons. The molecule has 24 heavy (non-hydrogen) atoms. The predicted molar refractivity (Wildman–Crippen MR) is 84.9 cm³/mol. The Kier molecular flexibility index (Phi) is 4.06. The molecule has 1 amide bonds. The molecular formula is C15H13N5O4. The molecule has 3 N–H and O–H groups in total. The lowest BCUT2D eigenvalue weighted by Crippen LogP contribution is -2.35. The van der Waals surface area contributed by atoms with Gasteiger partial charge in [0.1, 0.15) is 0 Å². The third-order valence-corrected chi connectivity index (χ3v) is 3.35. The van der Waals surface area contributed by atoms with E-state index in [1.54, 1.807) is 6.07 Å². The smallest absolute Gasteiger partial charge is 0.342 e. The second-order valence-electron chi connectivity index (χ2n) is 4.88. The fourth-order valence-corrected chi connectivity index (χ4v) is 2.23. The van der Waals surface area contributed by atoms with Gasteiger partial charge in [-0.15, -0.1) is 0 Å². The van der Waals surface area contributed by atoms with Gasteiger partial charge in [0.05, 0.1) is 12.6 Å². The number of carbonyl (C=O) groups is 1. The summed E-state index contributed by atoms with van der Waals surface area (Å²) in [4.78, 5) is 40.9. The Balaban J connectivity index is 1.89. The maximum atomic E-state index is 12.1. The quantitative estimate of drug-likeness (QED) is 0.616. The highest BCUT2D eigenvalue weighted by Gasteiger charge is 2.14. The molecule has 2 heterocycles. The molecule has 3 rings (SSSR count). The molecule has 0 aliphatic rings. The maximum absolute atomic E-state index is 12.1. The van der Waals surface area contributed by atoms with Gasteiger partial charge in [-0.25, -0.2) is 14.9 Å². The lowest BCUT2D eigenvalue weighted by molar-refractivity contribution is 0.0943. The standard InChI is InChI=1S/C15H13N5O4/c1-24-11-6-8(9-4-2-3-5-10(9)17-11)7-16-13(21)12-14(22)18-15(23)20-19-12/h2-6H,7H2,1H3,(H,16,21)(H2,18,20,22,23). The number of ether oxygens (including phenoxy) is 1. The minimum atomic E-state index is -0.853. The van der Waals surface area contributed by atoms with Crippen molar-refractivity contribution in [2.45, 2.75) is 6.54 Å². The zero-order valence-electron chi connectivity index (χ0n) is 12.6. The van der Waals surface area contributed by atoms with Gasteiger partial charge in [-0.1, -0.05) is 18.2 Å². The number of aromatic nitrogens is 4. The average molecular weight is 327 g/mol. The number of hydrogen-bond acceptors (Lipinski definition) is 6. The van der Waals surface area contributed by atoms with Crippen molar-refractivity contribution in [3.8, 4) is 5.88 Å². The van der Waals surface area contributed by atoms with Crippen LogP contribution in [0.3, 0.4) is 0 Å². The number of hydrogen-bond donors (Lipinski definition) is 3. The minimum absolute atomic E-state index is 0.137. The largest absolute Gasteiger partial charge is 0.481 e. The third-order valence-electron chi connectivity index (χ3n) is 3.35. The summed E-state index contributed by atoms with van der Waals surface area (Å²) in [5.74, 6) is -0.287. The van der Waals surface area contributed by atoms with Crippen LogP contribution in [0.15, 0.2) is 39.9 Å². The number of nitrogens with zero attached hydrogens (tertiary/aromatic N) is 2. The summed E-state index contributed by atoms with van der Waals surface area (Å²) in [6, 6.07) is 9.11. The summed E-state index contributed by atoms with van der Waals surface area (Å²) in [6.45, 7) is 0.137. The molecular weight excluding hydrogens is 314 g/mol. The van der Waals surface area contributed by atoms with Crippen molar-refractivity contribution in [1.29, 1.82) is 0 Å². The van der Waals surface area contributed by atoms with E-state index in [1.807, 2.05) is 34.3 Å². The van der Waals surface area contributed by atoms with Crippen LogP contribution in [0, 0.1) is 0 Å². The van der Waals surface area contributed by atoms with E-state index in [1.165, 1.54) is 7.11 Å². The first-order valence-corrected chi connectivity index (χ1v) is 6.98. The molecule has 2 aromatic heterocycles. The van der Waals surface area contributed by atoms with E-state index in [-0.39, 0.29) is 6.54 Å². The van der Waals surface area contributed by atoms with Crippen LogP contribution in [-0.2, 0) is 6.54 Å². The normalized spacial score (nSPS) is 10.5. The summed E-state index contributed by atoms with van der Waals surface area (Å²) in [5, 5.41) is 8.91. The van der Waals surface area contributed by atoms with Crippen molar-refractivity contribution in [3.63, 3.8) is 0 Å². The number of aromatic amines is 2. The number of methoxy groups -OCH3 is 1. The van der Waals surface area contributed by atoms with Crippen molar-refractivity contribution in [2.75, 3.05) is 7.11 Å². The maximum Gasteiger partial charge on any atom is 0.342 e. The first-order valence-electron chi connectivity index (χ1n) is 6.98. The molecule has 0 aliphatic heterocycles. The molecule has 9 nitrogen and oxygen atoms in total. The van der Waals surface area contributed by atoms with E-state index in [2.05, 4.69) is 15.4 Å². The first kappa shape index (κ1) is 15.4. The van der Waals surface area contributed by atoms with Gasteiger partial charge in [0, 0.05) is 18.0 Å². The molecule has 0 bridgehead atoms. The Bertz CT molecular complexity index is 1020. The fraction of sp³-hybridized carbons (Fsp3) is 0.133. The third kappa shape index (κ3) is 3.00. The molecule has 0 unspecified atom stereocenters. The van der Waals surface area contributed by atoms with E-state index < -0.39 is 22.9 Å². The van der Waals surface area contributed by atoms with Crippen LogP contribution >= 0.6 is 0 Å². The molecule has 122 valence electrons. The Labute approximate surface area is 134 Å². The van der Waals surface area contributed by atoms with Crippen LogP contribution in [0.2, 0.25) is 0 Å². The highest BCUT2D eigenvalue weighted by atomic mass is 16.5. The number of fused-ring (bicyclic) bond motifs is 1. The van der Waals surface area contributed by atoms with Crippen molar-refractivity contribution >= 4 is 16.8 Å². The Morgan fingerprint density at radius 3 is 2.83 bits per heavy atom. The number of H-pyrrole nitrogens is 2. The highest BCUT2D eigenvalue weighted by molar-refractivity contribution is 5.92. The van der Waals surface area contributed by atoms with Gasteiger partial charge in [0.15, 0.2) is 0 Å². The molecule has 0 fully saturated rings. The van der Waals surface area contributed by atoms with E-state index >= 15 is 0 Å².